The Morgan fingerprint density at radius 2 is 2.60 bits per heavy atom. The molecule has 54 valence electrons. The Labute approximate surface area is 59.6 Å². The molecule has 0 fully saturated rings. The van der Waals surface area contributed by atoms with E-state index in [2.05, 4.69) is 11.6 Å². The first-order chi connectivity index (χ1) is 4.83. The molecule has 0 atom stereocenters. The summed E-state index contributed by atoms with van der Waals surface area (Å²) in [6, 6.07) is 0.235. The molecule has 1 rings (SSSR count). The summed E-state index contributed by atoms with van der Waals surface area (Å²) >= 11 is 0. The number of anilines is 1. The second kappa shape index (κ2) is 3.06. The van der Waals surface area contributed by atoms with Crippen LogP contribution in [0.15, 0.2) is 23.3 Å². The summed E-state index contributed by atoms with van der Waals surface area (Å²) in [5.74, 6) is 0. The molecule has 0 saturated carbocycles. The van der Waals surface area contributed by atoms with Crippen LogP contribution in [-0.4, -0.2) is 4.98 Å². The highest BCUT2D eigenvalue weighted by molar-refractivity contribution is 5.12. The number of nitrogens with two attached hydrogens (primary N) is 1. The van der Waals surface area contributed by atoms with E-state index < -0.39 is 0 Å². The average Bonchev–Trinajstić information content (AvgIpc) is 2.31. The molecular formula is C7H10N2O. The van der Waals surface area contributed by atoms with Gasteiger partial charge in [-0.25, -0.2) is 0 Å². The van der Waals surface area contributed by atoms with Crippen molar-refractivity contribution in [2.45, 2.75) is 12.8 Å². The van der Waals surface area contributed by atoms with Gasteiger partial charge in [0.2, 0.25) is 0 Å². The quantitative estimate of drug-likeness (QED) is 0.642. The molecule has 0 aliphatic carbocycles. The molecule has 2 N–H and O–H groups in total. The first-order valence-corrected chi connectivity index (χ1v) is 3.13. The molecule has 0 spiro atoms. The smallest absolute Gasteiger partial charge is 0.292 e. The van der Waals surface area contributed by atoms with Crippen LogP contribution in [0.25, 0.3) is 0 Å². The highest BCUT2D eigenvalue weighted by Crippen LogP contribution is 2.04. The Morgan fingerprint density at radius 1 is 1.80 bits per heavy atom. The summed E-state index contributed by atoms with van der Waals surface area (Å²) in [5, 5.41) is 0. The third-order valence-electron chi connectivity index (χ3n) is 1.17. The van der Waals surface area contributed by atoms with Crippen LogP contribution in [0.1, 0.15) is 12.1 Å². The lowest BCUT2D eigenvalue weighted by Gasteiger charge is -1.85. The lowest BCUT2D eigenvalue weighted by atomic mass is 10.2. The molecule has 0 amide bonds. The van der Waals surface area contributed by atoms with Gasteiger partial charge in [-0.2, -0.15) is 4.98 Å². The van der Waals surface area contributed by atoms with Crippen molar-refractivity contribution in [1.82, 2.24) is 4.98 Å². The largest absolute Gasteiger partial charge is 0.432 e. The monoisotopic (exact) mass is 138 g/mol. The zero-order valence-electron chi connectivity index (χ0n) is 5.71. The van der Waals surface area contributed by atoms with Gasteiger partial charge in [0, 0.05) is 0 Å². The fraction of sp³-hybridized carbons (Fsp3) is 0.286. The summed E-state index contributed by atoms with van der Waals surface area (Å²) < 4.78 is 4.79. The van der Waals surface area contributed by atoms with E-state index in [0.717, 1.165) is 18.5 Å². The minimum absolute atomic E-state index is 0.235. The van der Waals surface area contributed by atoms with Gasteiger partial charge in [-0.3, -0.25) is 0 Å². The van der Waals surface area contributed by atoms with Gasteiger partial charge >= 0.3 is 0 Å². The molecule has 0 unspecified atom stereocenters. The van der Waals surface area contributed by atoms with E-state index >= 15 is 0 Å². The first-order valence-electron chi connectivity index (χ1n) is 3.13. The number of nitrogen functional groups attached to an aromatic ring is 1. The van der Waals surface area contributed by atoms with E-state index in [-0.39, 0.29) is 6.01 Å². The Bertz CT molecular complexity index is 217. The van der Waals surface area contributed by atoms with Crippen LogP contribution in [0.3, 0.4) is 0 Å². The van der Waals surface area contributed by atoms with Crippen LogP contribution in [0.4, 0.5) is 6.01 Å². The summed E-state index contributed by atoms with van der Waals surface area (Å²) in [6.07, 6.45) is 5.17. The SMILES string of the molecule is C=CCCc1coc(N)n1. The zero-order chi connectivity index (χ0) is 7.40. The lowest BCUT2D eigenvalue weighted by molar-refractivity contribution is 0.578. The third-order valence-corrected chi connectivity index (χ3v) is 1.17. The molecule has 1 heterocycles. The first kappa shape index (κ1) is 6.86. The molecule has 0 saturated heterocycles. The highest BCUT2D eigenvalue weighted by Gasteiger charge is 1.96. The number of hydrogen-bond acceptors (Lipinski definition) is 3. The minimum atomic E-state index is 0.235. The Morgan fingerprint density at radius 3 is 3.10 bits per heavy atom. The fourth-order valence-electron chi connectivity index (χ4n) is 0.687. The van der Waals surface area contributed by atoms with E-state index in [1.165, 1.54) is 0 Å². The van der Waals surface area contributed by atoms with Gasteiger partial charge in [-0.05, 0) is 12.8 Å². The average molecular weight is 138 g/mol. The maximum Gasteiger partial charge on any atom is 0.292 e. The van der Waals surface area contributed by atoms with Crippen LogP contribution < -0.4 is 5.73 Å². The number of nitrogens with zero attached hydrogens (tertiary/aromatic N) is 1. The molecule has 1 aromatic rings. The molecule has 1 aromatic heterocycles. The number of rotatable bonds is 3. The molecule has 0 aliphatic rings. The summed E-state index contributed by atoms with van der Waals surface area (Å²) in [5.41, 5.74) is 6.13. The molecule has 0 aliphatic heterocycles. The fourth-order valence-corrected chi connectivity index (χ4v) is 0.687. The van der Waals surface area contributed by atoms with Gasteiger partial charge in [0.15, 0.2) is 0 Å². The molecule has 0 radical (unpaired) electrons. The van der Waals surface area contributed by atoms with Crippen LogP contribution >= 0.6 is 0 Å². The number of oxazole rings is 1. The summed E-state index contributed by atoms with van der Waals surface area (Å²) in [6.45, 7) is 3.59. The Hall–Kier alpha value is -1.25. The van der Waals surface area contributed by atoms with Crippen LogP contribution in [-0.2, 0) is 6.42 Å². The van der Waals surface area contributed by atoms with Crippen molar-refractivity contribution in [3.8, 4) is 0 Å². The van der Waals surface area contributed by atoms with Crippen molar-refractivity contribution in [1.29, 1.82) is 0 Å². The topological polar surface area (TPSA) is 52.0 Å². The standard InChI is InChI=1S/C7H10N2O/c1-2-3-4-6-5-10-7(8)9-6/h2,5H,1,3-4H2,(H2,8,9). The predicted molar refractivity (Wildman–Crippen MR) is 39.4 cm³/mol. The molecule has 3 nitrogen and oxygen atoms in total. The van der Waals surface area contributed by atoms with Crippen LogP contribution in [0.2, 0.25) is 0 Å². The second-order valence-electron chi connectivity index (χ2n) is 2.00. The summed E-state index contributed by atoms with van der Waals surface area (Å²) in [4.78, 5) is 3.91. The molecular weight excluding hydrogens is 128 g/mol. The van der Waals surface area contributed by atoms with Crippen LogP contribution in [0, 0.1) is 0 Å². The Kier molecular flexibility index (Phi) is 2.10. The van der Waals surface area contributed by atoms with Crippen LogP contribution in [0.5, 0.6) is 0 Å². The van der Waals surface area contributed by atoms with Gasteiger partial charge in [0.05, 0.1) is 5.69 Å². The van der Waals surface area contributed by atoms with Gasteiger partial charge in [0.25, 0.3) is 6.01 Å². The number of aryl methyl sites for hydroxylation is 1. The summed E-state index contributed by atoms with van der Waals surface area (Å²) in [7, 11) is 0. The normalized spacial score (nSPS) is 9.60. The second-order valence-corrected chi connectivity index (χ2v) is 2.00. The maximum absolute atomic E-state index is 5.25. The Balaban J connectivity index is 2.49. The number of hydrogen-bond donors (Lipinski definition) is 1. The van der Waals surface area contributed by atoms with Crippen molar-refractivity contribution in [3.63, 3.8) is 0 Å². The number of allylic oxidation sites excluding steroid dienone is 1. The third kappa shape index (κ3) is 1.62. The van der Waals surface area contributed by atoms with Crippen molar-refractivity contribution in [3.05, 3.63) is 24.6 Å². The molecule has 3 heteroatoms. The van der Waals surface area contributed by atoms with Crippen molar-refractivity contribution < 1.29 is 4.42 Å². The molecule has 0 bridgehead atoms. The van der Waals surface area contributed by atoms with E-state index in [1.807, 2.05) is 6.08 Å². The van der Waals surface area contributed by atoms with Crippen molar-refractivity contribution in [2.75, 3.05) is 5.73 Å². The van der Waals surface area contributed by atoms with E-state index in [4.69, 9.17) is 10.2 Å². The zero-order valence-corrected chi connectivity index (χ0v) is 5.71. The van der Waals surface area contributed by atoms with Crippen molar-refractivity contribution in [2.24, 2.45) is 0 Å². The predicted octanol–water partition coefficient (Wildman–Crippen LogP) is 1.38. The van der Waals surface area contributed by atoms with E-state index in [1.54, 1.807) is 6.26 Å². The van der Waals surface area contributed by atoms with Gasteiger partial charge < -0.3 is 10.2 Å². The van der Waals surface area contributed by atoms with Crippen molar-refractivity contribution >= 4 is 6.01 Å². The lowest BCUT2D eigenvalue weighted by Crippen LogP contribution is -1.86. The van der Waals surface area contributed by atoms with E-state index in [0.29, 0.717) is 0 Å². The number of aromatic nitrogens is 1. The highest BCUT2D eigenvalue weighted by atomic mass is 16.4. The maximum atomic E-state index is 5.25. The molecule has 10 heavy (non-hydrogen) atoms. The minimum Gasteiger partial charge on any atom is -0.432 e. The van der Waals surface area contributed by atoms with E-state index in [9.17, 15) is 0 Å². The van der Waals surface area contributed by atoms with Gasteiger partial charge in [-0.1, -0.05) is 6.08 Å². The van der Waals surface area contributed by atoms with Gasteiger partial charge in [-0.15, -0.1) is 6.58 Å². The molecule has 0 aromatic carbocycles. The van der Waals surface area contributed by atoms with Gasteiger partial charge in [0.1, 0.15) is 6.26 Å².